The van der Waals surface area contributed by atoms with E-state index in [-0.39, 0.29) is 11.8 Å². The van der Waals surface area contributed by atoms with Crippen LogP contribution >= 0.6 is 23.2 Å². The van der Waals surface area contributed by atoms with Gasteiger partial charge in [-0.05, 0) is 23.8 Å². The summed E-state index contributed by atoms with van der Waals surface area (Å²) in [6, 6.07) is 5.10. The fraction of sp³-hybridized carbons (Fsp3) is 0.231. The van der Waals surface area contributed by atoms with Crippen LogP contribution in [0.4, 0.5) is 0 Å². The van der Waals surface area contributed by atoms with Crippen molar-refractivity contribution in [1.82, 2.24) is 10.6 Å². The summed E-state index contributed by atoms with van der Waals surface area (Å²) in [5, 5.41) is 6.12. The van der Waals surface area contributed by atoms with Crippen molar-refractivity contribution >= 4 is 41.1 Å². The lowest BCUT2D eigenvalue weighted by molar-refractivity contribution is -0.119. The Bertz CT molecular complexity index is 501. The first-order chi connectivity index (χ1) is 8.99. The normalized spacial score (nSPS) is 10.5. The van der Waals surface area contributed by atoms with Crippen LogP contribution in [0.1, 0.15) is 12.5 Å². The standard InChI is InChI=1S/C13H14Cl2N2O2/c1-9(18)16-6-7-17-13(19)5-3-10-2-4-11(14)12(15)8-10/h2-5,8H,6-7H2,1H3,(H,16,18)(H,17,19). The molecule has 2 amide bonds. The smallest absolute Gasteiger partial charge is 0.244 e. The van der Waals surface area contributed by atoms with Crippen molar-refractivity contribution in [3.63, 3.8) is 0 Å². The van der Waals surface area contributed by atoms with E-state index in [1.807, 2.05) is 0 Å². The monoisotopic (exact) mass is 300 g/mol. The quantitative estimate of drug-likeness (QED) is 0.647. The molecule has 1 aromatic carbocycles. The van der Waals surface area contributed by atoms with Gasteiger partial charge < -0.3 is 10.6 Å². The molecule has 0 fully saturated rings. The summed E-state index contributed by atoms with van der Waals surface area (Å²) in [6.07, 6.45) is 3.03. The second-order valence-corrected chi connectivity index (χ2v) is 4.60. The minimum Gasteiger partial charge on any atom is -0.355 e. The molecule has 0 aliphatic rings. The molecule has 19 heavy (non-hydrogen) atoms. The fourth-order valence-electron chi connectivity index (χ4n) is 1.27. The Morgan fingerprint density at radius 1 is 1.16 bits per heavy atom. The molecule has 0 saturated heterocycles. The van der Waals surface area contributed by atoms with Gasteiger partial charge >= 0.3 is 0 Å². The topological polar surface area (TPSA) is 58.2 Å². The van der Waals surface area contributed by atoms with Gasteiger partial charge in [-0.25, -0.2) is 0 Å². The fourth-order valence-corrected chi connectivity index (χ4v) is 1.58. The van der Waals surface area contributed by atoms with Gasteiger partial charge in [-0.15, -0.1) is 0 Å². The highest BCUT2D eigenvalue weighted by molar-refractivity contribution is 6.42. The Hall–Kier alpha value is -1.52. The Labute approximate surface area is 121 Å². The van der Waals surface area contributed by atoms with E-state index in [1.165, 1.54) is 13.0 Å². The van der Waals surface area contributed by atoms with Crippen LogP contribution in [0.3, 0.4) is 0 Å². The lowest BCUT2D eigenvalue weighted by Crippen LogP contribution is -2.32. The van der Waals surface area contributed by atoms with E-state index in [0.717, 1.165) is 5.56 Å². The molecule has 1 aromatic rings. The molecule has 102 valence electrons. The van der Waals surface area contributed by atoms with Crippen LogP contribution in [0.25, 0.3) is 6.08 Å². The van der Waals surface area contributed by atoms with E-state index < -0.39 is 0 Å². The number of hydrogen-bond acceptors (Lipinski definition) is 2. The van der Waals surface area contributed by atoms with E-state index >= 15 is 0 Å². The van der Waals surface area contributed by atoms with E-state index in [2.05, 4.69) is 10.6 Å². The molecule has 0 aliphatic heterocycles. The van der Waals surface area contributed by atoms with E-state index in [9.17, 15) is 9.59 Å². The number of halogens is 2. The summed E-state index contributed by atoms with van der Waals surface area (Å²) >= 11 is 11.6. The molecule has 0 atom stereocenters. The summed E-state index contributed by atoms with van der Waals surface area (Å²) in [4.78, 5) is 22.0. The average Bonchev–Trinajstić information content (AvgIpc) is 2.36. The number of rotatable bonds is 5. The molecule has 0 radical (unpaired) electrons. The van der Waals surface area contributed by atoms with Crippen molar-refractivity contribution in [1.29, 1.82) is 0 Å². The zero-order valence-corrected chi connectivity index (χ0v) is 11.9. The third-order valence-electron chi connectivity index (χ3n) is 2.17. The van der Waals surface area contributed by atoms with Gasteiger partial charge in [0.15, 0.2) is 0 Å². The second kappa shape index (κ2) is 7.81. The zero-order chi connectivity index (χ0) is 14.3. The number of carbonyl (C=O) groups is 2. The lowest BCUT2D eigenvalue weighted by atomic mass is 10.2. The third kappa shape index (κ3) is 6.27. The molecule has 1 rings (SSSR count). The molecule has 0 aliphatic carbocycles. The maximum atomic E-state index is 11.4. The molecule has 0 unspecified atom stereocenters. The number of nitrogens with one attached hydrogen (secondary N) is 2. The first-order valence-electron chi connectivity index (χ1n) is 5.64. The molecule has 0 bridgehead atoms. The van der Waals surface area contributed by atoms with E-state index in [0.29, 0.717) is 23.1 Å². The largest absolute Gasteiger partial charge is 0.355 e. The van der Waals surface area contributed by atoms with Gasteiger partial charge in [0.05, 0.1) is 10.0 Å². The Morgan fingerprint density at radius 2 is 1.84 bits per heavy atom. The Balaban J connectivity index is 2.40. The summed E-state index contributed by atoms with van der Waals surface area (Å²) in [7, 11) is 0. The number of carbonyl (C=O) groups excluding carboxylic acids is 2. The lowest BCUT2D eigenvalue weighted by Gasteiger charge is -2.02. The van der Waals surface area contributed by atoms with Crippen molar-refractivity contribution in [2.75, 3.05) is 13.1 Å². The second-order valence-electron chi connectivity index (χ2n) is 3.78. The van der Waals surface area contributed by atoms with E-state index in [1.54, 1.807) is 24.3 Å². The van der Waals surface area contributed by atoms with Crippen LogP contribution in [-0.2, 0) is 9.59 Å². The molecule has 6 heteroatoms. The summed E-state index contributed by atoms with van der Waals surface area (Å²) in [5.74, 6) is -0.364. The average molecular weight is 301 g/mol. The molecule has 0 spiro atoms. The maximum Gasteiger partial charge on any atom is 0.244 e. The summed E-state index contributed by atoms with van der Waals surface area (Å²) in [5.41, 5.74) is 0.784. The molecule has 0 heterocycles. The number of hydrogen-bond donors (Lipinski definition) is 2. The van der Waals surface area contributed by atoms with Crippen molar-refractivity contribution in [2.24, 2.45) is 0 Å². The highest BCUT2D eigenvalue weighted by atomic mass is 35.5. The molecule has 2 N–H and O–H groups in total. The Morgan fingerprint density at radius 3 is 2.47 bits per heavy atom. The van der Waals surface area contributed by atoms with Gasteiger partial charge in [-0.2, -0.15) is 0 Å². The molecule has 0 aromatic heterocycles. The van der Waals surface area contributed by atoms with Crippen LogP contribution in [0, 0.1) is 0 Å². The van der Waals surface area contributed by atoms with Gasteiger partial charge in [-0.3, -0.25) is 9.59 Å². The van der Waals surface area contributed by atoms with Crippen molar-refractivity contribution in [2.45, 2.75) is 6.92 Å². The first kappa shape index (κ1) is 15.5. The first-order valence-corrected chi connectivity index (χ1v) is 6.40. The highest BCUT2D eigenvalue weighted by Crippen LogP contribution is 2.22. The number of benzene rings is 1. The van der Waals surface area contributed by atoms with Gasteiger partial charge in [0, 0.05) is 26.1 Å². The van der Waals surface area contributed by atoms with Crippen LogP contribution < -0.4 is 10.6 Å². The molecule has 0 saturated carbocycles. The van der Waals surface area contributed by atoms with Gasteiger partial charge in [0.2, 0.25) is 11.8 Å². The van der Waals surface area contributed by atoms with Crippen molar-refractivity contribution < 1.29 is 9.59 Å². The SMILES string of the molecule is CC(=O)NCCNC(=O)C=Cc1ccc(Cl)c(Cl)c1. The number of amides is 2. The Kier molecular flexibility index (Phi) is 6.39. The minimum absolute atomic E-state index is 0.124. The van der Waals surface area contributed by atoms with Crippen molar-refractivity contribution in [3.05, 3.63) is 39.9 Å². The van der Waals surface area contributed by atoms with Crippen LogP contribution in [0.5, 0.6) is 0 Å². The predicted molar refractivity (Wildman–Crippen MR) is 77.2 cm³/mol. The zero-order valence-electron chi connectivity index (χ0n) is 10.4. The van der Waals surface area contributed by atoms with Crippen LogP contribution in [0.15, 0.2) is 24.3 Å². The van der Waals surface area contributed by atoms with Crippen molar-refractivity contribution in [3.8, 4) is 0 Å². The predicted octanol–water partition coefficient (Wildman–Crippen LogP) is 2.26. The highest BCUT2D eigenvalue weighted by Gasteiger charge is 1.98. The molecular formula is C13H14Cl2N2O2. The van der Waals surface area contributed by atoms with Gasteiger partial charge in [-0.1, -0.05) is 29.3 Å². The maximum absolute atomic E-state index is 11.4. The summed E-state index contributed by atoms with van der Waals surface area (Å²) in [6.45, 7) is 2.21. The van der Waals surface area contributed by atoms with Crippen LogP contribution in [-0.4, -0.2) is 24.9 Å². The van der Waals surface area contributed by atoms with Crippen LogP contribution in [0.2, 0.25) is 10.0 Å². The minimum atomic E-state index is -0.239. The van der Waals surface area contributed by atoms with Gasteiger partial charge in [0.25, 0.3) is 0 Å². The van der Waals surface area contributed by atoms with E-state index in [4.69, 9.17) is 23.2 Å². The molecular weight excluding hydrogens is 287 g/mol. The van der Waals surface area contributed by atoms with Gasteiger partial charge in [0.1, 0.15) is 0 Å². The molecule has 4 nitrogen and oxygen atoms in total. The summed E-state index contributed by atoms with van der Waals surface area (Å²) < 4.78 is 0. The third-order valence-corrected chi connectivity index (χ3v) is 2.91.